The molecule has 0 spiro atoms. The van der Waals surface area contributed by atoms with Gasteiger partial charge in [0.05, 0.1) is 12.0 Å². The van der Waals surface area contributed by atoms with Crippen LogP contribution in [0.3, 0.4) is 0 Å². The number of ether oxygens (including phenoxy) is 1. The first kappa shape index (κ1) is 13.2. The van der Waals surface area contributed by atoms with Crippen molar-refractivity contribution < 1.29 is 22.7 Å². The summed E-state index contributed by atoms with van der Waals surface area (Å²) in [7, 11) is 0. The lowest BCUT2D eigenvalue weighted by atomic mass is 9.84. The highest BCUT2D eigenvalue weighted by atomic mass is 19.4. The highest BCUT2D eigenvalue weighted by molar-refractivity contribution is 5.77. The number of esters is 1. The molecule has 0 amide bonds. The Morgan fingerprint density at radius 2 is 1.86 bits per heavy atom. The van der Waals surface area contributed by atoms with Crippen LogP contribution in [0.4, 0.5) is 13.2 Å². The molecule has 0 bridgehead atoms. The number of nitrogens with two attached hydrogens (primary N) is 1. The van der Waals surface area contributed by atoms with Crippen LogP contribution in [-0.4, -0.2) is 24.8 Å². The minimum atomic E-state index is -4.60. The van der Waals surface area contributed by atoms with E-state index in [-0.39, 0.29) is 6.61 Å². The van der Waals surface area contributed by atoms with Gasteiger partial charge < -0.3 is 10.5 Å². The van der Waals surface area contributed by atoms with Crippen LogP contribution < -0.4 is 5.73 Å². The summed E-state index contributed by atoms with van der Waals surface area (Å²) in [5, 5.41) is 0. The molecule has 6 heteroatoms. The van der Waals surface area contributed by atoms with Crippen molar-refractivity contribution in [2.24, 2.45) is 11.1 Å². The van der Waals surface area contributed by atoms with E-state index in [1.807, 2.05) is 0 Å². The zero-order valence-electron chi connectivity index (χ0n) is 8.31. The van der Waals surface area contributed by atoms with Crippen molar-refractivity contribution in [2.75, 3.05) is 6.61 Å². The van der Waals surface area contributed by atoms with Crippen molar-refractivity contribution in [3.63, 3.8) is 0 Å². The molecule has 0 unspecified atom stereocenters. The standard InChI is InChI=1S/C8H14F3NO2/c1-4-14-6(13)7(2,3)5(12)8(9,10)11/h5H,4,12H2,1-3H3/t5-/m1/s1. The van der Waals surface area contributed by atoms with E-state index >= 15 is 0 Å². The topological polar surface area (TPSA) is 52.3 Å². The van der Waals surface area contributed by atoms with Gasteiger partial charge in [-0.3, -0.25) is 4.79 Å². The van der Waals surface area contributed by atoms with Crippen LogP contribution in [0.15, 0.2) is 0 Å². The third kappa shape index (κ3) is 2.87. The molecule has 0 radical (unpaired) electrons. The number of carbonyl (C=O) groups excluding carboxylic acids is 1. The molecule has 0 saturated carbocycles. The van der Waals surface area contributed by atoms with Crippen LogP contribution >= 0.6 is 0 Å². The Balaban J connectivity index is 4.69. The summed E-state index contributed by atoms with van der Waals surface area (Å²) in [6.07, 6.45) is -4.60. The molecule has 0 fully saturated rings. The van der Waals surface area contributed by atoms with E-state index in [4.69, 9.17) is 5.73 Å². The zero-order valence-corrected chi connectivity index (χ0v) is 8.31. The predicted molar refractivity (Wildman–Crippen MR) is 44.4 cm³/mol. The molecule has 2 N–H and O–H groups in total. The van der Waals surface area contributed by atoms with Crippen molar-refractivity contribution in [1.82, 2.24) is 0 Å². The molecule has 1 atom stereocenters. The van der Waals surface area contributed by atoms with E-state index in [1.165, 1.54) is 6.92 Å². The molecule has 0 saturated heterocycles. The lowest BCUT2D eigenvalue weighted by Gasteiger charge is -2.30. The Morgan fingerprint density at radius 1 is 1.43 bits per heavy atom. The number of hydrogen-bond acceptors (Lipinski definition) is 3. The molecule has 0 aliphatic carbocycles. The van der Waals surface area contributed by atoms with Crippen LogP contribution in [0, 0.1) is 5.41 Å². The monoisotopic (exact) mass is 213 g/mol. The van der Waals surface area contributed by atoms with Gasteiger partial charge in [0.1, 0.15) is 6.04 Å². The molecule has 0 aliphatic rings. The lowest BCUT2D eigenvalue weighted by Crippen LogP contribution is -2.53. The van der Waals surface area contributed by atoms with Gasteiger partial charge in [0, 0.05) is 0 Å². The van der Waals surface area contributed by atoms with Crippen LogP contribution in [0.5, 0.6) is 0 Å². The SMILES string of the molecule is CCOC(=O)C(C)(C)[C@@H](N)C(F)(F)F. The number of hydrogen-bond donors (Lipinski definition) is 1. The van der Waals surface area contributed by atoms with Crippen LogP contribution in [0.25, 0.3) is 0 Å². The normalized spacial score (nSPS) is 15.1. The summed E-state index contributed by atoms with van der Waals surface area (Å²) in [6, 6.07) is -2.21. The van der Waals surface area contributed by atoms with Gasteiger partial charge in [0.25, 0.3) is 0 Å². The van der Waals surface area contributed by atoms with Crippen molar-refractivity contribution in [2.45, 2.75) is 33.0 Å². The fraction of sp³-hybridized carbons (Fsp3) is 0.875. The Morgan fingerprint density at radius 3 is 2.14 bits per heavy atom. The first-order valence-electron chi connectivity index (χ1n) is 4.13. The molecular formula is C8H14F3NO2. The number of carbonyl (C=O) groups is 1. The minimum Gasteiger partial charge on any atom is -0.466 e. The smallest absolute Gasteiger partial charge is 0.404 e. The Kier molecular flexibility index (Phi) is 3.93. The van der Waals surface area contributed by atoms with Crippen molar-refractivity contribution in [1.29, 1.82) is 0 Å². The van der Waals surface area contributed by atoms with Crippen molar-refractivity contribution >= 4 is 5.97 Å². The van der Waals surface area contributed by atoms with Gasteiger partial charge in [-0.15, -0.1) is 0 Å². The predicted octanol–water partition coefficient (Wildman–Crippen LogP) is 1.47. The summed E-state index contributed by atoms with van der Waals surface area (Å²) >= 11 is 0. The van der Waals surface area contributed by atoms with Gasteiger partial charge in [0.2, 0.25) is 0 Å². The molecule has 84 valence electrons. The molecule has 3 nitrogen and oxygen atoms in total. The largest absolute Gasteiger partial charge is 0.466 e. The average Bonchev–Trinajstić information content (AvgIpc) is 2.01. The molecule has 0 heterocycles. The third-order valence-corrected chi connectivity index (χ3v) is 1.93. The van der Waals surface area contributed by atoms with Crippen LogP contribution in [0.2, 0.25) is 0 Å². The van der Waals surface area contributed by atoms with E-state index in [2.05, 4.69) is 4.74 Å². The number of rotatable bonds is 3. The molecular weight excluding hydrogens is 199 g/mol. The number of halogens is 3. The van der Waals surface area contributed by atoms with Gasteiger partial charge in [-0.2, -0.15) is 13.2 Å². The Labute approximate surface area is 80.4 Å². The average molecular weight is 213 g/mol. The zero-order chi connectivity index (χ0) is 11.6. The van der Waals surface area contributed by atoms with E-state index in [0.717, 1.165) is 13.8 Å². The van der Waals surface area contributed by atoms with Gasteiger partial charge in [-0.1, -0.05) is 0 Å². The maximum atomic E-state index is 12.2. The summed E-state index contributed by atoms with van der Waals surface area (Å²) in [5.41, 5.74) is 3.18. The van der Waals surface area contributed by atoms with Gasteiger partial charge in [-0.25, -0.2) is 0 Å². The van der Waals surface area contributed by atoms with Crippen molar-refractivity contribution in [3.8, 4) is 0 Å². The van der Waals surface area contributed by atoms with Gasteiger partial charge >= 0.3 is 12.1 Å². The second-order valence-electron chi connectivity index (χ2n) is 3.46. The summed E-state index contributed by atoms with van der Waals surface area (Å²) in [4.78, 5) is 11.2. The quantitative estimate of drug-likeness (QED) is 0.722. The summed E-state index contributed by atoms with van der Waals surface area (Å²) in [6.45, 7) is 3.78. The number of alkyl halides is 3. The lowest BCUT2D eigenvalue weighted by molar-refractivity contribution is -0.188. The highest BCUT2D eigenvalue weighted by Crippen LogP contribution is 2.32. The van der Waals surface area contributed by atoms with E-state index in [9.17, 15) is 18.0 Å². The highest BCUT2D eigenvalue weighted by Gasteiger charge is 2.51. The maximum Gasteiger partial charge on any atom is 0.404 e. The first-order chi connectivity index (χ1) is 6.14. The summed E-state index contributed by atoms with van der Waals surface area (Å²) in [5.74, 6) is -0.940. The van der Waals surface area contributed by atoms with E-state index in [1.54, 1.807) is 0 Å². The molecule has 14 heavy (non-hydrogen) atoms. The first-order valence-corrected chi connectivity index (χ1v) is 4.13. The fourth-order valence-electron chi connectivity index (χ4n) is 0.853. The molecule has 0 rings (SSSR count). The third-order valence-electron chi connectivity index (χ3n) is 1.93. The Hall–Kier alpha value is -0.780. The van der Waals surface area contributed by atoms with Crippen molar-refractivity contribution in [3.05, 3.63) is 0 Å². The fourth-order valence-corrected chi connectivity index (χ4v) is 0.853. The molecule has 0 aromatic heterocycles. The van der Waals surface area contributed by atoms with Crippen LogP contribution in [0.1, 0.15) is 20.8 Å². The molecule has 0 aromatic rings. The van der Waals surface area contributed by atoms with E-state index < -0.39 is 23.6 Å². The van der Waals surface area contributed by atoms with E-state index in [0.29, 0.717) is 0 Å². The minimum absolute atomic E-state index is 0.0346. The second-order valence-corrected chi connectivity index (χ2v) is 3.46. The molecule has 0 aliphatic heterocycles. The second kappa shape index (κ2) is 4.16. The Bertz CT molecular complexity index is 213. The van der Waals surface area contributed by atoms with Gasteiger partial charge in [0.15, 0.2) is 0 Å². The van der Waals surface area contributed by atoms with Crippen LogP contribution in [-0.2, 0) is 9.53 Å². The van der Waals surface area contributed by atoms with Gasteiger partial charge in [-0.05, 0) is 20.8 Å². The summed E-state index contributed by atoms with van der Waals surface area (Å²) < 4.78 is 41.1. The maximum absolute atomic E-state index is 12.2. The molecule has 0 aromatic carbocycles.